The summed E-state index contributed by atoms with van der Waals surface area (Å²) >= 11 is 1.45. The molecule has 0 aliphatic carbocycles. The van der Waals surface area contributed by atoms with Gasteiger partial charge in [-0.1, -0.05) is 6.92 Å². The van der Waals surface area contributed by atoms with E-state index in [2.05, 4.69) is 0 Å². The lowest BCUT2D eigenvalue weighted by molar-refractivity contribution is 0.223. The van der Waals surface area contributed by atoms with E-state index in [4.69, 9.17) is 0 Å². The number of hydrogen-bond donors (Lipinski definition) is 1. The number of thiophene rings is 1. The van der Waals surface area contributed by atoms with Gasteiger partial charge < -0.3 is 5.11 Å². The number of rotatable bonds is 3. The van der Waals surface area contributed by atoms with Gasteiger partial charge in [-0.15, -0.1) is 11.3 Å². The first-order valence-electron chi connectivity index (χ1n) is 5.33. The fourth-order valence-corrected chi connectivity index (χ4v) is 2.60. The molecule has 17 heavy (non-hydrogen) atoms. The second kappa shape index (κ2) is 4.94. The fourth-order valence-electron chi connectivity index (χ4n) is 1.63. The van der Waals surface area contributed by atoms with Crippen LogP contribution in [-0.2, 0) is 6.42 Å². The molecule has 1 aromatic heterocycles. The van der Waals surface area contributed by atoms with Crippen molar-refractivity contribution in [3.05, 3.63) is 57.3 Å². The van der Waals surface area contributed by atoms with Crippen molar-refractivity contribution < 1.29 is 13.9 Å². The molecule has 0 amide bonds. The first-order valence-corrected chi connectivity index (χ1v) is 6.14. The summed E-state index contributed by atoms with van der Waals surface area (Å²) in [5.41, 5.74) is 0.243. The Morgan fingerprint density at radius 3 is 2.35 bits per heavy atom. The molecule has 1 heterocycles. The van der Waals surface area contributed by atoms with Gasteiger partial charge in [0.25, 0.3) is 0 Å². The topological polar surface area (TPSA) is 20.2 Å². The maximum Gasteiger partial charge on any atom is 0.126 e. The smallest absolute Gasteiger partial charge is 0.126 e. The molecule has 0 bridgehead atoms. The van der Waals surface area contributed by atoms with Gasteiger partial charge in [0, 0.05) is 15.8 Å². The van der Waals surface area contributed by atoms with Gasteiger partial charge in [0.2, 0.25) is 0 Å². The summed E-state index contributed by atoms with van der Waals surface area (Å²) in [6.07, 6.45) is -0.0833. The van der Waals surface area contributed by atoms with Gasteiger partial charge in [0.15, 0.2) is 0 Å². The number of benzene rings is 1. The fraction of sp³-hybridized carbons (Fsp3) is 0.231. The van der Waals surface area contributed by atoms with Crippen molar-refractivity contribution in [3.8, 4) is 0 Å². The molecule has 2 aromatic rings. The average Bonchev–Trinajstić information content (AvgIpc) is 2.75. The zero-order valence-electron chi connectivity index (χ0n) is 9.28. The van der Waals surface area contributed by atoms with Crippen LogP contribution in [0.25, 0.3) is 0 Å². The highest BCUT2D eigenvalue weighted by Gasteiger charge is 2.14. The highest BCUT2D eigenvalue weighted by atomic mass is 32.1. The summed E-state index contributed by atoms with van der Waals surface area (Å²) < 4.78 is 26.1. The lowest BCUT2D eigenvalue weighted by Crippen LogP contribution is -1.98. The van der Waals surface area contributed by atoms with Gasteiger partial charge in [-0.05, 0) is 36.2 Å². The second-order valence-electron chi connectivity index (χ2n) is 3.76. The third-order valence-corrected chi connectivity index (χ3v) is 3.78. The van der Waals surface area contributed by atoms with Crippen LogP contribution in [0.2, 0.25) is 0 Å². The van der Waals surface area contributed by atoms with Gasteiger partial charge in [0.1, 0.15) is 17.7 Å². The molecule has 0 radical (unpaired) electrons. The molecule has 2 rings (SSSR count). The van der Waals surface area contributed by atoms with E-state index in [-0.39, 0.29) is 5.56 Å². The van der Waals surface area contributed by atoms with E-state index in [9.17, 15) is 13.9 Å². The Morgan fingerprint density at radius 2 is 1.82 bits per heavy atom. The first kappa shape index (κ1) is 12.2. The highest BCUT2D eigenvalue weighted by molar-refractivity contribution is 7.12. The summed E-state index contributed by atoms with van der Waals surface area (Å²) in [4.78, 5) is 1.84. The van der Waals surface area contributed by atoms with E-state index in [1.54, 1.807) is 6.07 Å². The Morgan fingerprint density at radius 1 is 1.18 bits per heavy atom. The maximum atomic E-state index is 13.0. The minimum atomic E-state index is -0.967. The van der Waals surface area contributed by atoms with Crippen molar-refractivity contribution in [1.82, 2.24) is 0 Å². The zero-order valence-corrected chi connectivity index (χ0v) is 10.1. The highest BCUT2D eigenvalue weighted by Crippen LogP contribution is 2.29. The largest absolute Gasteiger partial charge is 0.383 e. The van der Waals surface area contributed by atoms with Crippen molar-refractivity contribution in [2.45, 2.75) is 19.4 Å². The van der Waals surface area contributed by atoms with Gasteiger partial charge >= 0.3 is 0 Å². The molecule has 0 aliphatic heterocycles. The van der Waals surface area contributed by atoms with Gasteiger partial charge in [-0.3, -0.25) is 0 Å². The van der Waals surface area contributed by atoms with Crippen molar-refractivity contribution in [1.29, 1.82) is 0 Å². The Kier molecular flexibility index (Phi) is 3.54. The van der Waals surface area contributed by atoms with E-state index < -0.39 is 17.7 Å². The molecule has 0 spiro atoms. The SMILES string of the molecule is CCc1ccc(C(O)c2cc(F)cc(F)c2)s1. The number of aliphatic hydroxyl groups excluding tert-OH is 1. The monoisotopic (exact) mass is 254 g/mol. The van der Waals surface area contributed by atoms with Crippen LogP contribution < -0.4 is 0 Å². The van der Waals surface area contributed by atoms with Crippen LogP contribution in [0.5, 0.6) is 0 Å². The van der Waals surface area contributed by atoms with Gasteiger partial charge in [-0.2, -0.15) is 0 Å². The molecule has 0 aliphatic rings. The Balaban J connectivity index is 2.32. The van der Waals surface area contributed by atoms with Crippen LogP contribution in [0.3, 0.4) is 0 Å². The molecule has 90 valence electrons. The molecule has 4 heteroatoms. The molecule has 0 saturated heterocycles. The van der Waals surface area contributed by atoms with Crippen molar-refractivity contribution >= 4 is 11.3 Å². The minimum Gasteiger partial charge on any atom is -0.383 e. The Bertz CT molecular complexity index is 502. The molecule has 0 fully saturated rings. The minimum absolute atomic E-state index is 0.243. The molecule has 1 unspecified atom stereocenters. The van der Waals surface area contributed by atoms with E-state index in [0.717, 1.165) is 29.5 Å². The summed E-state index contributed by atoms with van der Waals surface area (Å²) in [5.74, 6) is -1.35. The van der Waals surface area contributed by atoms with Crippen LogP contribution in [0, 0.1) is 11.6 Å². The maximum absolute atomic E-state index is 13.0. The predicted molar refractivity (Wildman–Crippen MR) is 64.1 cm³/mol. The summed E-state index contributed by atoms with van der Waals surface area (Å²) in [7, 11) is 0. The number of aliphatic hydroxyl groups is 1. The third kappa shape index (κ3) is 2.70. The van der Waals surface area contributed by atoms with Crippen LogP contribution in [0.1, 0.15) is 28.3 Å². The van der Waals surface area contributed by atoms with E-state index >= 15 is 0 Å². The third-order valence-electron chi connectivity index (χ3n) is 2.50. The molecule has 0 saturated carbocycles. The molecular formula is C13H12F2OS. The molecule has 1 N–H and O–H groups in total. The van der Waals surface area contributed by atoms with E-state index in [0.29, 0.717) is 4.88 Å². The zero-order chi connectivity index (χ0) is 12.4. The second-order valence-corrected chi connectivity index (χ2v) is 4.96. The number of aryl methyl sites for hydroxylation is 1. The predicted octanol–water partition coefficient (Wildman–Crippen LogP) is 3.67. The number of halogens is 2. The molecule has 1 nitrogen and oxygen atoms in total. The average molecular weight is 254 g/mol. The molecule has 1 aromatic carbocycles. The molecular weight excluding hydrogens is 242 g/mol. The van der Waals surface area contributed by atoms with Gasteiger partial charge in [0.05, 0.1) is 0 Å². The summed E-state index contributed by atoms with van der Waals surface area (Å²) in [5, 5.41) is 10.0. The standard InChI is InChI=1S/C13H12F2OS/c1-2-11-3-4-12(17-11)13(16)8-5-9(14)7-10(15)6-8/h3-7,13,16H,2H2,1H3. The molecule has 1 atom stereocenters. The van der Waals surface area contributed by atoms with Crippen LogP contribution in [-0.4, -0.2) is 5.11 Å². The summed E-state index contributed by atoms with van der Waals surface area (Å²) in [6, 6.07) is 6.80. The van der Waals surface area contributed by atoms with Crippen LogP contribution in [0.4, 0.5) is 8.78 Å². The number of hydrogen-bond acceptors (Lipinski definition) is 2. The van der Waals surface area contributed by atoms with Crippen molar-refractivity contribution in [2.75, 3.05) is 0 Å². The normalized spacial score (nSPS) is 12.7. The van der Waals surface area contributed by atoms with Crippen LogP contribution >= 0.6 is 11.3 Å². The quantitative estimate of drug-likeness (QED) is 0.886. The van der Waals surface area contributed by atoms with Crippen LogP contribution in [0.15, 0.2) is 30.3 Å². The summed E-state index contributed by atoms with van der Waals surface area (Å²) in [6.45, 7) is 2.02. The lowest BCUT2D eigenvalue weighted by Gasteiger charge is -2.09. The van der Waals surface area contributed by atoms with Crippen molar-refractivity contribution in [2.24, 2.45) is 0 Å². The lowest BCUT2D eigenvalue weighted by atomic mass is 10.1. The first-order chi connectivity index (χ1) is 8.10. The van der Waals surface area contributed by atoms with E-state index in [1.807, 2.05) is 13.0 Å². The van der Waals surface area contributed by atoms with E-state index in [1.165, 1.54) is 11.3 Å². The Labute approximate surface area is 102 Å². The van der Waals surface area contributed by atoms with Crippen molar-refractivity contribution in [3.63, 3.8) is 0 Å². The van der Waals surface area contributed by atoms with Gasteiger partial charge in [-0.25, -0.2) is 8.78 Å². The Hall–Kier alpha value is -1.26.